The minimum atomic E-state index is -1.42. The van der Waals surface area contributed by atoms with Crippen LogP contribution in [0.25, 0.3) is 0 Å². The molecule has 1 atom stereocenters. The number of aromatic nitrogens is 1. The molecule has 21 heavy (non-hydrogen) atoms. The van der Waals surface area contributed by atoms with Gasteiger partial charge in [-0.1, -0.05) is 6.92 Å². The van der Waals surface area contributed by atoms with E-state index in [-0.39, 0.29) is 6.42 Å². The van der Waals surface area contributed by atoms with E-state index in [1.165, 1.54) is 6.20 Å². The standard InChI is InChI=1S/C13H15FN2O5/c1-2-7-5-8(14)11(15-6-7)12(19)16-9(13(20)21)3-4-10(17)18/h5-6,9H,2-4H2,1H3,(H,16,19)(H,17,18)(H,20,21)/t9-/m0/s1. The summed E-state index contributed by atoms with van der Waals surface area (Å²) in [6.07, 6.45) is 1.14. The van der Waals surface area contributed by atoms with Crippen LogP contribution in [0.1, 0.15) is 35.8 Å². The Labute approximate surface area is 119 Å². The van der Waals surface area contributed by atoms with E-state index in [1.54, 1.807) is 6.92 Å². The molecule has 0 aliphatic heterocycles. The van der Waals surface area contributed by atoms with Gasteiger partial charge < -0.3 is 15.5 Å². The smallest absolute Gasteiger partial charge is 0.326 e. The van der Waals surface area contributed by atoms with Crippen LogP contribution in [0.3, 0.4) is 0 Å². The van der Waals surface area contributed by atoms with Crippen LogP contribution in [0.2, 0.25) is 0 Å². The van der Waals surface area contributed by atoms with Gasteiger partial charge in [0.2, 0.25) is 0 Å². The van der Waals surface area contributed by atoms with E-state index in [9.17, 15) is 18.8 Å². The number of amides is 1. The van der Waals surface area contributed by atoms with Crippen LogP contribution in [-0.2, 0) is 16.0 Å². The Hall–Kier alpha value is -2.51. The van der Waals surface area contributed by atoms with Crippen molar-refractivity contribution in [3.8, 4) is 0 Å². The minimum absolute atomic E-state index is 0.301. The Balaban J connectivity index is 2.82. The molecule has 0 bridgehead atoms. The number of aryl methyl sites for hydroxylation is 1. The molecule has 0 saturated heterocycles. The number of carbonyl (C=O) groups excluding carboxylic acids is 1. The highest BCUT2D eigenvalue weighted by molar-refractivity contribution is 5.95. The molecular formula is C13H15FN2O5. The van der Waals surface area contributed by atoms with E-state index in [0.717, 1.165) is 6.07 Å². The van der Waals surface area contributed by atoms with E-state index in [2.05, 4.69) is 10.3 Å². The molecule has 0 aromatic carbocycles. The lowest BCUT2D eigenvalue weighted by molar-refractivity contribution is -0.140. The Morgan fingerprint density at radius 2 is 2.05 bits per heavy atom. The van der Waals surface area contributed by atoms with Crippen LogP contribution < -0.4 is 5.32 Å². The number of aliphatic carboxylic acids is 2. The number of carboxylic acids is 2. The molecule has 0 spiro atoms. The van der Waals surface area contributed by atoms with Gasteiger partial charge in [0.25, 0.3) is 5.91 Å². The number of nitrogens with zero attached hydrogens (tertiary/aromatic N) is 1. The minimum Gasteiger partial charge on any atom is -0.481 e. The maximum Gasteiger partial charge on any atom is 0.326 e. The summed E-state index contributed by atoms with van der Waals surface area (Å²) in [7, 11) is 0. The zero-order chi connectivity index (χ0) is 16.0. The molecule has 0 unspecified atom stereocenters. The Kier molecular flexibility index (Phi) is 5.77. The highest BCUT2D eigenvalue weighted by Crippen LogP contribution is 2.09. The van der Waals surface area contributed by atoms with Crippen molar-refractivity contribution in [3.05, 3.63) is 29.3 Å². The number of hydrogen-bond donors (Lipinski definition) is 3. The molecule has 8 heteroatoms. The number of nitrogens with one attached hydrogen (secondary N) is 1. The van der Waals surface area contributed by atoms with Gasteiger partial charge in [-0.3, -0.25) is 9.59 Å². The molecule has 1 aromatic heterocycles. The summed E-state index contributed by atoms with van der Waals surface area (Å²) < 4.78 is 13.7. The van der Waals surface area contributed by atoms with Crippen LogP contribution in [0, 0.1) is 5.82 Å². The molecule has 1 heterocycles. The van der Waals surface area contributed by atoms with Gasteiger partial charge in [0.15, 0.2) is 11.5 Å². The van der Waals surface area contributed by atoms with Crippen molar-refractivity contribution in [3.63, 3.8) is 0 Å². The third-order valence-corrected chi connectivity index (χ3v) is 2.77. The van der Waals surface area contributed by atoms with Gasteiger partial charge in [0.1, 0.15) is 6.04 Å². The van der Waals surface area contributed by atoms with Crippen molar-refractivity contribution < 1.29 is 29.0 Å². The van der Waals surface area contributed by atoms with Crippen molar-refractivity contribution in [1.29, 1.82) is 0 Å². The summed E-state index contributed by atoms with van der Waals surface area (Å²) >= 11 is 0. The normalized spacial score (nSPS) is 11.7. The summed E-state index contributed by atoms with van der Waals surface area (Å²) in [4.78, 5) is 36.8. The van der Waals surface area contributed by atoms with Gasteiger partial charge in [-0.25, -0.2) is 14.2 Å². The number of hydrogen-bond acceptors (Lipinski definition) is 4. The van der Waals surface area contributed by atoms with Crippen LogP contribution >= 0.6 is 0 Å². The van der Waals surface area contributed by atoms with Crippen molar-refractivity contribution >= 4 is 17.8 Å². The lowest BCUT2D eigenvalue weighted by atomic mass is 10.1. The average Bonchev–Trinajstić information content (AvgIpc) is 2.42. The fourth-order valence-electron chi connectivity index (χ4n) is 1.59. The molecular weight excluding hydrogens is 283 g/mol. The summed E-state index contributed by atoms with van der Waals surface area (Å²) in [5.74, 6) is -4.43. The van der Waals surface area contributed by atoms with E-state index in [0.29, 0.717) is 12.0 Å². The summed E-state index contributed by atoms with van der Waals surface area (Å²) in [5, 5.41) is 19.5. The SMILES string of the molecule is CCc1cnc(C(=O)N[C@@H](CCC(=O)O)C(=O)O)c(F)c1. The van der Waals surface area contributed by atoms with Gasteiger partial charge >= 0.3 is 11.9 Å². The molecule has 1 rings (SSSR count). The Morgan fingerprint density at radius 3 is 2.52 bits per heavy atom. The molecule has 3 N–H and O–H groups in total. The van der Waals surface area contributed by atoms with Crippen molar-refractivity contribution in [2.45, 2.75) is 32.2 Å². The first-order chi connectivity index (χ1) is 9.85. The van der Waals surface area contributed by atoms with Gasteiger partial charge in [0, 0.05) is 12.6 Å². The maximum atomic E-state index is 13.7. The predicted molar refractivity (Wildman–Crippen MR) is 69.3 cm³/mol. The van der Waals surface area contributed by atoms with Gasteiger partial charge in [-0.05, 0) is 24.5 Å². The second-order valence-electron chi connectivity index (χ2n) is 4.32. The summed E-state index contributed by atoms with van der Waals surface area (Å²) in [5.41, 5.74) is 0.0819. The largest absolute Gasteiger partial charge is 0.481 e. The van der Waals surface area contributed by atoms with Crippen LogP contribution in [-0.4, -0.2) is 39.1 Å². The van der Waals surface area contributed by atoms with Crippen LogP contribution in [0.5, 0.6) is 0 Å². The molecule has 0 aliphatic rings. The molecule has 7 nitrogen and oxygen atoms in total. The summed E-state index contributed by atoms with van der Waals surface area (Å²) in [6.45, 7) is 1.79. The number of halogens is 1. The van der Waals surface area contributed by atoms with E-state index in [1.807, 2.05) is 0 Å². The third kappa shape index (κ3) is 4.83. The molecule has 0 saturated carbocycles. The highest BCUT2D eigenvalue weighted by Gasteiger charge is 2.23. The molecule has 114 valence electrons. The first-order valence-corrected chi connectivity index (χ1v) is 6.25. The summed E-state index contributed by atoms with van der Waals surface area (Å²) in [6, 6.07) is -0.268. The monoisotopic (exact) mass is 298 g/mol. The molecule has 1 aromatic rings. The zero-order valence-corrected chi connectivity index (χ0v) is 11.3. The van der Waals surface area contributed by atoms with Gasteiger partial charge in [0.05, 0.1) is 0 Å². The third-order valence-electron chi connectivity index (χ3n) is 2.77. The topological polar surface area (TPSA) is 117 Å². The zero-order valence-electron chi connectivity index (χ0n) is 11.3. The van der Waals surface area contributed by atoms with Crippen LogP contribution in [0.15, 0.2) is 12.3 Å². The van der Waals surface area contributed by atoms with Crippen molar-refractivity contribution in [1.82, 2.24) is 10.3 Å². The molecule has 0 radical (unpaired) electrons. The second kappa shape index (κ2) is 7.32. The number of carboxylic acid groups (broad SMARTS) is 2. The molecule has 1 amide bonds. The Bertz CT molecular complexity index is 561. The maximum absolute atomic E-state index is 13.7. The lowest BCUT2D eigenvalue weighted by Gasteiger charge is -2.13. The lowest BCUT2D eigenvalue weighted by Crippen LogP contribution is -2.41. The number of carbonyl (C=O) groups is 3. The second-order valence-corrected chi connectivity index (χ2v) is 4.32. The number of pyridine rings is 1. The van der Waals surface area contributed by atoms with Crippen molar-refractivity contribution in [2.24, 2.45) is 0 Å². The van der Waals surface area contributed by atoms with E-state index >= 15 is 0 Å². The first kappa shape index (κ1) is 16.5. The fourth-order valence-corrected chi connectivity index (χ4v) is 1.59. The quantitative estimate of drug-likeness (QED) is 0.686. The van der Waals surface area contributed by atoms with Crippen molar-refractivity contribution in [2.75, 3.05) is 0 Å². The van der Waals surface area contributed by atoms with E-state index in [4.69, 9.17) is 10.2 Å². The number of rotatable bonds is 7. The van der Waals surface area contributed by atoms with Gasteiger partial charge in [-0.2, -0.15) is 0 Å². The first-order valence-electron chi connectivity index (χ1n) is 6.25. The van der Waals surface area contributed by atoms with E-state index < -0.39 is 41.8 Å². The average molecular weight is 298 g/mol. The Morgan fingerprint density at radius 1 is 1.38 bits per heavy atom. The van der Waals surface area contributed by atoms with Crippen LogP contribution in [0.4, 0.5) is 4.39 Å². The molecule has 0 fully saturated rings. The fraction of sp³-hybridized carbons (Fsp3) is 0.385. The highest BCUT2D eigenvalue weighted by atomic mass is 19.1. The predicted octanol–water partition coefficient (Wildman–Crippen LogP) is 0.831. The molecule has 0 aliphatic carbocycles. The van der Waals surface area contributed by atoms with Gasteiger partial charge in [-0.15, -0.1) is 0 Å².